The van der Waals surface area contributed by atoms with Gasteiger partial charge in [0, 0.05) is 36.1 Å². The van der Waals surface area contributed by atoms with Crippen LogP contribution in [0, 0.1) is 5.92 Å². The number of benzene rings is 1. The van der Waals surface area contributed by atoms with Crippen LogP contribution in [0.1, 0.15) is 25.3 Å². The predicted octanol–water partition coefficient (Wildman–Crippen LogP) is 3.93. The maximum Gasteiger partial charge on any atom is 0.213 e. The highest BCUT2D eigenvalue weighted by molar-refractivity contribution is 5.92. The van der Waals surface area contributed by atoms with Crippen molar-refractivity contribution in [2.45, 2.75) is 26.3 Å². The Bertz CT molecular complexity index is 936. The number of nitrogens with one attached hydrogen (secondary N) is 1. The minimum atomic E-state index is 0.560. The van der Waals surface area contributed by atoms with E-state index < -0.39 is 0 Å². The Balaban J connectivity index is 1.27. The van der Waals surface area contributed by atoms with E-state index in [4.69, 9.17) is 10.5 Å². The smallest absolute Gasteiger partial charge is 0.213 e. The molecule has 0 bridgehead atoms. The number of likely N-dealkylation sites (tertiary alicyclic amines) is 1. The number of nitrogens with zero attached hydrogens (tertiary/aromatic N) is 3. The highest BCUT2D eigenvalue weighted by atomic mass is 16.5. The number of nitrogens with two attached hydrogens (primary N) is 1. The third-order valence-corrected chi connectivity index (χ3v) is 5.71. The molecule has 1 saturated heterocycles. The lowest BCUT2D eigenvalue weighted by Crippen LogP contribution is -2.35. The van der Waals surface area contributed by atoms with Crippen LogP contribution in [-0.4, -0.2) is 41.1 Å². The Morgan fingerprint density at radius 2 is 2.00 bits per heavy atom. The number of nitrogen functional groups attached to an aromatic ring is 1. The third kappa shape index (κ3) is 4.95. The van der Waals surface area contributed by atoms with Crippen LogP contribution in [0.15, 0.2) is 48.8 Å². The van der Waals surface area contributed by atoms with Gasteiger partial charge in [0.15, 0.2) is 0 Å². The monoisotopic (exact) mass is 391 g/mol. The first kappa shape index (κ1) is 19.5. The van der Waals surface area contributed by atoms with Crippen molar-refractivity contribution in [2.24, 2.45) is 5.92 Å². The quantitative estimate of drug-likeness (QED) is 0.635. The second-order valence-corrected chi connectivity index (χ2v) is 7.68. The van der Waals surface area contributed by atoms with Crippen molar-refractivity contribution in [3.8, 4) is 5.88 Å². The fraction of sp³-hybridized carbons (Fsp3) is 0.391. The van der Waals surface area contributed by atoms with Gasteiger partial charge in [-0.2, -0.15) is 0 Å². The number of hydrogen-bond acceptors (Lipinski definition) is 6. The Morgan fingerprint density at radius 3 is 2.76 bits per heavy atom. The van der Waals surface area contributed by atoms with Gasteiger partial charge in [0.25, 0.3) is 0 Å². The molecular formula is C23H29N5O. The van der Waals surface area contributed by atoms with Crippen LogP contribution in [0.4, 0.5) is 11.5 Å². The maximum atomic E-state index is 5.92. The first-order chi connectivity index (χ1) is 14.2. The van der Waals surface area contributed by atoms with E-state index in [1.165, 1.54) is 25.9 Å². The number of rotatable bonds is 7. The minimum absolute atomic E-state index is 0.560. The van der Waals surface area contributed by atoms with Gasteiger partial charge in [-0.25, -0.2) is 9.97 Å². The molecule has 0 aliphatic carbocycles. The van der Waals surface area contributed by atoms with Crippen LogP contribution >= 0.6 is 0 Å². The molecule has 3 N–H and O–H groups in total. The molecule has 0 amide bonds. The van der Waals surface area contributed by atoms with E-state index in [9.17, 15) is 0 Å². The third-order valence-electron chi connectivity index (χ3n) is 5.71. The molecule has 0 radical (unpaired) electrons. The van der Waals surface area contributed by atoms with Gasteiger partial charge < -0.3 is 20.7 Å². The Kier molecular flexibility index (Phi) is 6.10. The van der Waals surface area contributed by atoms with Crippen molar-refractivity contribution in [3.05, 3.63) is 54.4 Å². The minimum Gasteiger partial charge on any atom is -0.477 e. The van der Waals surface area contributed by atoms with Gasteiger partial charge in [-0.05, 0) is 73.6 Å². The van der Waals surface area contributed by atoms with Crippen molar-refractivity contribution in [1.82, 2.24) is 14.9 Å². The number of hydrogen-bond donors (Lipinski definition) is 2. The number of pyridine rings is 2. The highest BCUT2D eigenvalue weighted by Crippen LogP contribution is 2.23. The number of fused-ring (bicyclic) bond motifs is 1. The fourth-order valence-corrected chi connectivity index (χ4v) is 3.79. The highest BCUT2D eigenvalue weighted by Gasteiger charge is 2.18. The van der Waals surface area contributed by atoms with Crippen LogP contribution in [0.2, 0.25) is 0 Å². The van der Waals surface area contributed by atoms with Crippen LogP contribution < -0.4 is 15.8 Å². The molecule has 0 spiro atoms. The summed E-state index contributed by atoms with van der Waals surface area (Å²) in [6.45, 7) is 7.20. The van der Waals surface area contributed by atoms with Gasteiger partial charge in [-0.3, -0.25) is 0 Å². The summed E-state index contributed by atoms with van der Waals surface area (Å²) >= 11 is 0. The van der Waals surface area contributed by atoms with Gasteiger partial charge >= 0.3 is 0 Å². The number of piperidine rings is 1. The van der Waals surface area contributed by atoms with Crippen LogP contribution in [0.25, 0.3) is 10.8 Å². The van der Waals surface area contributed by atoms with E-state index in [0.717, 1.165) is 35.2 Å². The summed E-state index contributed by atoms with van der Waals surface area (Å²) in [4.78, 5) is 11.1. The Morgan fingerprint density at radius 1 is 1.14 bits per heavy atom. The lowest BCUT2D eigenvalue weighted by molar-refractivity contribution is 0.143. The summed E-state index contributed by atoms with van der Waals surface area (Å²) in [5.74, 6) is 1.91. The summed E-state index contributed by atoms with van der Waals surface area (Å²) in [6.07, 6.45) is 6.04. The SMILES string of the molecule is CCN1CCC(COc2ccc(CNc3ccc4c(N)nccc4c3)cn2)CC1. The molecule has 6 heteroatoms. The van der Waals surface area contributed by atoms with E-state index in [0.29, 0.717) is 24.2 Å². The largest absolute Gasteiger partial charge is 0.477 e. The molecule has 6 nitrogen and oxygen atoms in total. The Labute approximate surface area is 172 Å². The lowest BCUT2D eigenvalue weighted by Gasteiger charge is -2.30. The van der Waals surface area contributed by atoms with Crippen molar-refractivity contribution >= 4 is 22.3 Å². The molecule has 1 aromatic carbocycles. The molecule has 0 atom stereocenters. The second-order valence-electron chi connectivity index (χ2n) is 7.68. The molecule has 29 heavy (non-hydrogen) atoms. The van der Waals surface area contributed by atoms with Crippen LogP contribution in [-0.2, 0) is 6.54 Å². The molecule has 4 rings (SSSR count). The standard InChI is InChI=1S/C23H29N5O/c1-2-28-11-8-17(9-12-28)16-29-22-6-3-18(15-27-22)14-26-20-4-5-21-19(13-20)7-10-25-23(21)24/h3-7,10,13,15,17,26H,2,8-9,11-12,14,16H2,1H3,(H2,24,25). The average Bonchev–Trinajstić information content (AvgIpc) is 2.77. The van der Waals surface area contributed by atoms with Crippen molar-refractivity contribution in [3.63, 3.8) is 0 Å². The van der Waals surface area contributed by atoms with E-state index in [-0.39, 0.29) is 0 Å². The van der Waals surface area contributed by atoms with E-state index in [2.05, 4.69) is 39.2 Å². The van der Waals surface area contributed by atoms with Crippen molar-refractivity contribution < 1.29 is 4.74 Å². The molecular weight excluding hydrogens is 362 g/mol. The predicted molar refractivity (Wildman–Crippen MR) is 118 cm³/mol. The summed E-state index contributed by atoms with van der Waals surface area (Å²) in [7, 11) is 0. The van der Waals surface area contributed by atoms with Crippen molar-refractivity contribution in [1.29, 1.82) is 0 Å². The van der Waals surface area contributed by atoms with Gasteiger partial charge in [0.05, 0.1) is 6.61 Å². The number of anilines is 2. The van der Waals surface area contributed by atoms with Crippen LogP contribution in [0.3, 0.4) is 0 Å². The summed E-state index contributed by atoms with van der Waals surface area (Å²) < 4.78 is 5.92. The van der Waals surface area contributed by atoms with Gasteiger partial charge in [-0.15, -0.1) is 0 Å². The molecule has 152 valence electrons. The molecule has 3 aromatic rings. The van der Waals surface area contributed by atoms with Crippen LogP contribution in [0.5, 0.6) is 5.88 Å². The lowest BCUT2D eigenvalue weighted by atomic mass is 9.98. The topological polar surface area (TPSA) is 76.3 Å². The van der Waals surface area contributed by atoms with Gasteiger partial charge in [0.1, 0.15) is 5.82 Å². The Hall–Kier alpha value is -2.86. The zero-order valence-electron chi connectivity index (χ0n) is 17.0. The molecule has 0 saturated carbocycles. The van der Waals surface area contributed by atoms with Crippen molar-refractivity contribution in [2.75, 3.05) is 37.3 Å². The summed E-state index contributed by atoms with van der Waals surface area (Å²) in [5.41, 5.74) is 8.07. The first-order valence-electron chi connectivity index (χ1n) is 10.4. The molecule has 1 aliphatic rings. The number of ether oxygens (including phenoxy) is 1. The molecule has 1 fully saturated rings. The molecule has 1 aliphatic heterocycles. The summed E-state index contributed by atoms with van der Waals surface area (Å²) in [6, 6.07) is 12.1. The molecule has 0 unspecified atom stereocenters. The average molecular weight is 392 g/mol. The fourth-order valence-electron chi connectivity index (χ4n) is 3.79. The van der Waals surface area contributed by atoms with E-state index in [1.807, 2.05) is 30.5 Å². The van der Waals surface area contributed by atoms with E-state index in [1.54, 1.807) is 6.20 Å². The van der Waals surface area contributed by atoms with E-state index >= 15 is 0 Å². The zero-order valence-corrected chi connectivity index (χ0v) is 17.0. The molecule has 2 aromatic heterocycles. The first-order valence-corrected chi connectivity index (χ1v) is 10.4. The normalized spacial score (nSPS) is 15.5. The zero-order chi connectivity index (χ0) is 20.1. The second kappa shape index (κ2) is 9.09. The van der Waals surface area contributed by atoms with Gasteiger partial charge in [0.2, 0.25) is 5.88 Å². The number of aromatic nitrogens is 2. The summed E-state index contributed by atoms with van der Waals surface area (Å²) in [5, 5.41) is 5.49. The van der Waals surface area contributed by atoms with Gasteiger partial charge in [-0.1, -0.05) is 13.0 Å². The maximum absolute atomic E-state index is 5.92. The molecule has 3 heterocycles.